The molecule has 2 aliphatic rings. The predicted octanol–water partition coefficient (Wildman–Crippen LogP) is 3.33. The molecule has 30 heavy (non-hydrogen) atoms. The molecule has 1 aromatic carbocycles. The van der Waals surface area contributed by atoms with Gasteiger partial charge in [-0.3, -0.25) is 19.9 Å². The monoisotopic (exact) mass is 411 g/mol. The fourth-order valence-electron chi connectivity index (χ4n) is 4.54. The number of fused-ring (bicyclic) bond motifs is 1. The average Bonchev–Trinajstić information content (AvgIpc) is 2.76. The van der Waals surface area contributed by atoms with Gasteiger partial charge in [0.2, 0.25) is 11.8 Å². The molecular weight excluding hydrogens is 378 g/mol. The molecule has 0 spiro atoms. The maximum atomic E-state index is 12.2. The van der Waals surface area contributed by atoms with Crippen molar-refractivity contribution in [3.8, 4) is 0 Å². The van der Waals surface area contributed by atoms with Gasteiger partial charge >= 0.3 is 0 Å². The van der Waals surface area contributed by atoms with Gasteiger partial charge in [0.15, 0.2) is 0 Å². The number of benzene rings is 1. The summed E-state index contributed by atoms with van der Waals surface area (Å²) in [5, 5.41) is 14.7. The number of rotatable bonds is 3. The molecular formula is C24H33N3O3. The lowest BCUT2D eigenvalue weighted by Gasteiger charge is -2.43. The minimum atomic E-state index is -0.857. The lowest BCUT2D eigenvalue weighted by molar-refractivity contribution is -0.134. The molecule has 3 heterocycles. The Kier molecular flexibility index (Phi) is 6.88. The molecule has 6 heteroatoms. The normalized spacial score (nSPS) is 27.4. The summed E-state index contributed by atoms with van der Waals surface area (Å²) in [5.41, 5.74) is 1.70. The van der Waals surface area contributed by atoms with Crippen molar-refractivity contribution < 1.29 is 14.7 Å². The van der Waals surface area contributed by atoms with Crippen LogP contribution in [0.2, 0.25) is 0 Å². The van der Waals surface area contributed by atoms with Crippen LogP contribution in [0.3, 0.4) is 0 Å². The number of hydrogen-bond acceptors (Lipinski definition) is 5. The van der Waals surface area contributed by atoms with E-state index in [9.17, 15) is 14.7 Å². The maximum absolute atomic E-state index is 12.2. The highest BCUT2D eigenvalue weighted by atomic mass is 16.3. The molecule has 2 aromatic rings. The highest BCUT2D eigenvalue weighted by Crippen LogP contribution is 2.38. The Morgan fingerprint density at radius 2 is 2.03 bits per heavy atom. The van der Waals surface area contributed by atoms with E-state index < -0.39 is 5.60 Å². The van der Waals surface area contributed by atoms with Gasteiger partial charge in [-0.1, -0.05) is 33.8 Å². The van der Waals surface area contributed by atoms with E-state index in [4.69, 9.17) is 0 Å². The number of nitrogens with zero attached hydrogens (tertiary/aromatic N) is 2. The zero-order valence-electron chi connectivity index (χ0n) is 18.4. The van der Waals surface area contributed by atoms with Crippen LogP contribution in [-0.4, -0.2) is 46.4 Å². The molecule has 2 aliphatic heterocycles. The van der Waals surface area contributed by atoms with E-state index >= 15 is 0 Å². The Morgan fingerprint density at radius 1 is 1.27 bits per heavy atom. The Balaban J connectivity index is 0.00000124. The SMILES string of the molecule is CC.CCN1CCC(O)(c2ccc3ncc(C4CCC(=O)NC4=O)cc3c2)C(C)C1. The average molecular weight is 412 g/mol. The molecule has 2 N–H and O–H groups in total. The van der Waals surface area contributed by atoms with Crippen LogP contribution in [0.15, 0.2) is 30.5 Å². The third-order valence-corrected chi connectivity index (χ3v) is 6.45. The molecule has 3 unspecified atom stereocenters. The van der Waals surface area contributed by atoms with E-state index in [0.717, 1.165) is 41.7 Å². The highest BCUT2D eigenvalue weighted by Gasteiger charge is 2.40. The van der Waals surface area contributed by atoms with E-state index in [1.807, 2.05) is 38.1 Å². The fraction of sp³-hybridized carbons (Fsp3) is 0.542. The number of pyridine rings is 1. The summed E-state index contributed by atoms with van der Waals surface area (Å²) in [6, 6.07) is 7.89. The summed E-state index contributed by atoms with van der Waals surface area (Å²) >= 11 is 0. The Hall–Kier alpha value is -2.31. The van der Waals surface area contributed by atoms with Gasteiger partial charge in [0.05, 0.1) is 17.0 Å². The fourth-order valence-corrected chi connectivity index (χ4v) is 4.54. The van der Waals surface area contributed by atoms with Crippen molar-refractivity contribution in [3.05, 3.63) is 41.6 Å². The van der Waals surface area contributed by atoms with E-state index in [-0.39, 0.29) is 23.7 Å². The number of imide groups is 1. The first-order chi connectivity index (χ1) is 14.4. The van der Waals surface area contributed by atoms with Crippen molar-refractivity contribution in [2.24, 2.45) is 5.92 Å². The molecule has 0 bridgehead atoms. The lowest BCUT2D eigenvalue weighted by atomic mass is 9.76. The van der Waals surface area contributed by atoms with Crippen LogP contribution in [0, 0.1) is 5.92 Å². The second kappa shape index (κ2) is 9.23. The van der Waals surface area contributed by atoms with Crippen molar-refractivity contribution in [2.75, 3.05) is 19.6 Å². The minimum absolute atomic E-state index is 0.130. The third-order valence-electron chi connectivity index (χ3n) is 6.45. The summed E-state index contributed by atoms with van der Waals surface area (Å²) in [6.45, 7) is 11.0. The summed E-state index contributed by atoms with van der Waals surface area (Å²) in [6.07, 6.45) is 3.28. The zero-order chi connectivity index (χ0) is 21.9. The number of nitrogens with one attached hydrogen (secondary N) is 1. The quantitative estimate of drug-likeness (QED) is 0.757. The van der Waals surface area contributed by atoms with Crippen molar-refractivity contribution in [3.63, 3.8) is 0 Å². The van der Waals surface area contributed by atoms with E-state index in [1.54, 1.807) is 6.20 Å². The molecule has 2 saturated heterocycles. The van der Waals surface area contributed by atoms with Gasteiger partial charge in [0.1, 0.15) is 0 Å². The van der Waals surface area contributed by atoms with Gasteiger partial charge in [-0.05, 0) is 48.7 Å². The molecule has 4 rings (SSSR count). The van der Waals surface area contributed by atoms with Gasteiger partial charge < -0.3 is 10.0 Å². The summed E-state index contributed by atoms with van der Waals surface area (Å²) in [4.78, 5) is 30.5. The van der Waals surface area contributed by atoms with Crippen LogP contribution in [-0.2, 0) is 15.2 Å². The molecule has 2 amide bonds. The highest BCUT2D eigenvalue weighted by molar-refractivity contribution is 6.01. The van der Waals surface area contributed by atoms with Crippen LogP contribution in [0.5, 0.6) is 0 Å². The molecule has 2 fully saturated rings. The Bertz CT molecular complexity index is 929. The second-order valence-electron chi connectivity index (χ2n) is 8.15. The van der Waals surface area contributed by atoms with Gasteiger partial charge in [0, 0.05) is 37.0 Å². The first kappa shape index (κ1) is 22.4. The number of carbonyl (C=O) groups is 2. The first-order valence-electron chi connectivity index (χ1n) is 11.1. The van der Waals surface area contributed by atoms with Crippen LogP contribution >= 0.6 is 0 Å². The number of piperidine rings is 2. The Labute approximate surface area is 178 Å². The molecule has 0 radical (unpaired) electrons. The number of hydrogen-bond donors (Lipinski definition) is 2. The number of amides is 2. The molecule has 1 aromatic heterocycles. The smallest absolute Gasteiger partial charge is 0.234 e. The first-order valence-corrected chi connectivity index (χ1v) is 11.1. The van der Waals surface area contributed by atoms with Crippen molar-refractivity contribution in [2.45, 2.75) is 58.5 Å². The zero-order valence-corrected chi connectivity index (χ0v) is 18.4. The van der Waals surface area contributed by atoms with Crippen LogP contribution in [0.25, 0.3) is 10.9 Å². The van der Waals surface area contributed by atoms with Gasteiger partial charge in [-0.2, -0.15) is 0 Å². The van der Waals surface area contributed by atoms with Gasteiger partial charge in [0.25, 0.3) is 0 Å². The van der Waals surface area contributed by atoms with Crippen molar-refractivity contribution in [1.82, 2.24) is 15.2 Å². The molecule has 3 atom stereocenters. The summed E-state index contributed by atoms with van der Waals surface area (Å²) in [5.74, 6) is -0.697. The van der Waals surface area contributed by atoms with Crippen molar-refractivity contribution >= 4 is 22.7 Å². The molecule has 6 nitrogen and oxygen atoms in total. The Morgan fingerprint density at radius 3 is 2.70 bits per heavy atom. The molecule has 0 aliphatic carbocycles. The number of aliphatic hydroxyl groups is 1. The third kappa shape index (κ3) is 4.25. The maximum Gasteiger partial charge on any atom is 0.234 e. The molecule has 0 saturated carbocycles. The minimum Gasteiger partial charge on any atom is -0.385 e. The topological polar surface area (TPSA) is 82.5 Å². The van der Waals surface area contributed by atoms with E-state index in [0.29, 0.717) is 19.3 Å². The van der Waals surface area contributed by atoms with E-state index in [2.05, 4.69) is 29.0 Å². The van der Waals surface area contributed by atoms with Crippen LogP contribution < -0.4 is 5.32 Å². The standard InChI is InChI=1S/C22H27N3O3.C2H6/c1-3-25-9-8-22(28,14(2)13-25)17-4-6-19-15(11-17)10-16(12-23-19)18-5-7-20(26)24-21(18)27;1-2/h4,6,10-12,14,18,28H,3,5,7-9,13H2,1-2H3,(H,24,26,27);1-2H3. The van der Waals surface area contributed by atoms with Crippen molar-refractivity contribution in [1.29, 1.82) is 0 Å². The van der Waals surface area contributed by atoms with E-state index in [1.165, 1.54) is 0 Å². The number of aromatic nitrogens is 1. The predicted molar refractivity (Wildman–Crippen MR) is 118 cm³/mol. The van der Waals surface area contributed by atoms with Gasteiger partial charge in [-0.25, -0.2) is 0 Å². The largest absolute Gasteiger partial charge is 0.385 e. The molecule has 162 valence electrons. The summed E-state index contributed by atoms with van der Waals surface area (Å²) in [7, 11) is 0. The van der Waals surface area contributed by atoms with Crippen LogP contribution in [0.4, 0.5) is 0 Å². The second-order valence-corrected chi connectivity index (χ2v) is 8.15. The van der Waals surface area contributed by atoms with Gasteiger partial charge in [-0.15, -0.1) is 0 Å². The lowest BCUT2D eigenvalue weighted by Crippen LogP contribution is -2.48. The number of carbonyl (C=O) groups excluding carboxylic acids is 2. The number of likely N-dealkylation sites (tertiary alicyclic amines) is 1. The summed E-state index contributed by atoms with van der Waals surface area (Å²) < 4.78 is 0. The van der Waals surface area contributed by atoms with Crippen LogP contribution in [0.1, 0.15) is 64.0 Å².